The molecule has 21 heavy (non-hydrogen) atoms. The smallest absolute Gasteiger partial charge is 0.245 e. The fraction of sp³-hybridized carbons (Fsp3) is 0.467. The fourth-order valence-electron chi connectivity index (χ4n) is 2.46. The molecule has 1 saturated heterocycles. The molecular formula is C15H21N3O3. The first-order valence-electron chi connectivity index (χ1n) is 6.95. The Hall–Kier alpha value is -2.08. The number of nitrogens with one attached hydrogen (secondary N) is 1. The number of nitrogens with two attached hydrogens (primary N) is 1. The van der Waals surface area contributed by atoms with Crippen molar-refractivity contribution in [2.24, 2.45) is 5.73 Å². The Morgan fingerprint density at radius 2 is 2.05 bits per heavy atom. The molecule has 0 spiro atoms. The van der Waals surface area contributed by atoms with E-state index in [1.54, 1.807) is 38.1 Å². The Balaban J connectivity index is 2.08. The molecule has 1 aromatic carbocycles. The summed E-state index contributed by atoms with van der Waals surface area (Å²) < 4.78 is 0. The molecule has 0 unspecified atom stereocenters. The first-order chi connectivity index (χ1) is 9.82. The van der Waals surface area contributed by atoms with E-state index in [9.17, 15) is 14.7 Å². The molecule has 0 radical (unpaired) electrons. The number of piperazine rings is 1. The van der Waals surface area contributed by atoms with Crippen LogP contribution in [0.15, 0.2) is 24.3 Å². The Labute approximate surface area is 123 Å². The quantitative estimate of drug-likeness (QED) is 0.730. The lowest BCUT2D eigenvalue weighted by Crippen LogP contribution is -2.65. The van der Waals surface area contributed by atoms with Crippen molar-refractivity contribution in [3.63, 3.8) is 0 Å². The average molecular weight is 291 g/mol. The molecule has 1 aromatic rings. The summed E-state index contributed by atoms with van der Waals surface area (Å²) in [4.78, 5) is 25.9. The predicted octanol–water partition coefficient (Wildman–Crippen LogP) is -0.001000. The van der Waals surface area contributed by atoms with Gasteiger partial charge in [-0.05, 0) is 38.0 Å². The molecule has 4 N–H and O–H groups in total. The molecule has 1 fully saturated rings. The van der Waals surface area contributed by atoms with Crippen LogP contribution in [0.25, 0.3) is 0 Å². The molecule has 0 aromatic heterocycles. The first kappa shape index (κ1) is 15.3. The normalized spacial score (nSPS) is 19.0. The van der Waals surface area contributed by atoms with Gasteiger partial charge in [-0.15, -0.1) is 0 Å². The lowest BCUT2D eigenvalue weighted by atomic mass is 9.96. The van der Waals surface area contributed by atoms with Crippen molar-refractivity contribution in [2.75, 3.05) is 13.1 Å². The van der Waals surface area contributed by atoms with Gasteiger partial charge in [-0.3, -0.25) is 9.59 Å². The van der Waals surface area contributed by atoms with Crippen LogP contribution in [0, 0.1) is 0 Å². The van der Waals surface area contributed by atoms with Crippen LogP contribution < -0.4 is 11.1 Å². The van der Waals surface area contributed by atoms with Crippen molar-refractivity contribution >= 4 is 11.8 Å². The van der Waals surface area contributed by atoms with Crippen molar-refractivity contribution in [1.82, 2.24) is 10.2 Å². The number of benzene rings is 1. The minimum Gasteiger partial charge on any atom is -0.508 e. The van der Waals surface area contributed by atoms with Crippen molar-refractivity contribution in [2.45, 2.75) is 31.8 Å². The second-order valence-electron chi connectivity index (χ2n) is 5.78. The minimum atomic E-state index is -0.887. The number of phenols is 1. The molecule has 114 valence electrons. The highest BCUT2D eigenvalue weighted by Gasteiger charge is 2.41. The third-order valence-corrected chi connectivity index (χ3v) is 3.83. The van der Waals surface area contributed by atoms with Gasteiger partial charge in [0.05, 0.1) is 6.04 Å². The molecule has 6 heteroatoms. The zero-order valence-electron chi connectivity index (χ0n) is 12.3. The van der Waals surface area contributed by atoms with E-state index in [4.69, 9.17) is 5.73 Å². The largest absolute Gasteiger partial charge is 0.508 e. The zero-order chi connectivity index (χ0) is 15.6. The van der Waals surface area contributed by atoms with Crippen LogP contribution in [0.4, 0.5) is 0 Å². The fourth-order valence-corrected chi connectivity index (χ4v) is 2.46. The summed E-state index contributed by atoms with van der Waals surface area (Å²) in [5.74, 6) is -0.227. The third-order valence-electron chi connectivity index (χ3n) is 3.83. The van der Waals surface area contributed by atoms with Gasteiger partial charge in [0.15, 0.2) is 0 Å². The highest BCUT2D eigenvalue weighted by Crippen LogP contribution is 2.19. The monoisotopic (exact) mass is 291 g/mol. The van der Waals surface area contributed by atoms with Crippen LogP contribution in [0.3, 0.4) is 0 Å². The van der Waals surface area contributed by atoms with Gasteiger partial charge < -0.3 is 21.1 Å². The summed E-state index contributed by atoms with van der Waals surface area (Å²) in [5.41, 5.74) is 5.98. The number of amides is 2. The van der Waals surface area contributed by atoms with E-state index in [1.165, 1.54) is 4.90 Å². The van der Waals surface area contributed by atoms with E-state index in [-0.39, 0.29) is 17.6 Å². The van der Waals surface area contributed by atoms with E-state index in [1.807, 2.05) is 0 Å². The van der Waals surface area contributed by atoms with Crippen molar-refractivity contribution in [3.8, 4) is 5.75 Å². The van der Waals surface area contributed by atoms with Gasteiger partial charge in [-0.1, -0.05) is 12.1 Å². The first-order valence-corrected chi connectivity index (χ1v) is 6.95. The molecule has 1 heterocycles. The SMILES string of the molecule is CC1(C)C(=O)NCCN1C(=O)[C@@H](N)Cc1ccc(O)cc1. The average Bonchev–Trinajstić information content (AvgIpc) is 2.43. The number of carbonyl (C=O) groups is 2. The van der Waals surface area contributed by atoms with Crippen molar-refractivity contribution in [1.29, 1.82) is 0 Å². The van der Waals surface area contributed by atoms with Crippen LogP contribution in [-0.2, 0) is 16.0 Å². The number of nitrogens with zero attached hydrogens (tertiary/aromatic N) is 1. The number of carbonyl (C=O) groups excluding carboxylic acids is 2. The minimum absolute atomic E-state index is 0.168. The number of hydrogen-bond donors (Lipinski definition) is 3. The Morgan fingerprint density at radius 1 is 1.43 bits per heavy atom. The summed E-state index contributed by atoms with van der Waals surface area (Å²) >= 11 is 0. The maximum atomic E-state index is 12.5. The van der Waals surface area contributed by atoms with Gasteiger partial charge in [0.2, 0.25) is 11.8 Å². The Bertz CT molecular complexity index is 540. The van der Waals surface area contributed by atoms with Crippen LogP contribution in [-0.4, -0.2) is 46.5 Å². The van der Waals surface area contributed by atoms with Gasteiger partial charge >= 0.3 is 0 Å². The maximum Gasteiger partial charge on any atom is 0.245 e. The summed E-state index contributed by atoms with van der Waals surface area (Å²) in [7, 11) is 0. The van der Waals surface area contributed by atoms with Crippen LogP contribution >= 0.6 is 0 Å². The van der Waals surface area contributed by atoms with E-state index in [0.29, 0.717) is 19.5 Å². The molecular weight excluding hydrogens is 270 g/mol. The Morgan fingerprint density at radius 3 is 2.67 bits per heavy atom. The highest BCUT2D eigenvalue weighted by molar-refractivity contribution is 5.93. The molecule has 6 nitrogen and oxygen atoms in total. The zero-order valence-corrected chi connectivity index (χ0v) is 12.3. The lowest BCUT2D eigenvalue weighted by Gasteiger charge is -2.42. The van der Waals surface area contributed by atoms with E-state index >= 15 is 0 Å². The third kappa shape index (κ3) is 3.16. The van der Waals surface area contributed by atoms with Crippen LogP contribution in [0.2, 0.25) is 0 Å². The molecule has 0 bridgehead atoms. The van der Waals surface area contributed by atoms with Crippen molar-refractivity contribution in [3.05, 3.63) is 29.8 Å². The second kappa shape index (κ2) is 5.73. The van der Waals surface area contributed by atoms with Gasteiger partial charge in [0.25, 0.3) is 0 Å². The topological polar surface area (TPSA) is 95.7 Å². The van der Waals surface area contributed by atoms with Gasteiger partial charge in [-0.2, -0.15) is 0 Å². The standard InChI is InChI=1S/C15H21N3O3/c1-15(2)14(21)17-7-8-18(15)13(20)12(16)9-10-3-5-11(19)6-4-10/h3-6,12,19H,7-9,16H2,1-2H3,(H,17,21)/t12-/m0/s1. The number of hydrogen-bond acceptors (Lipinski definition) is 4. The molecule has 0 saturated carbocycles. The summed E-state index contributed by atoms with van der Waals surface area (Å²) in [6.45, 7) is 4.33. The van der Waals surface area contributed by atoms with Gasteiger partial charge in [0, 0.05) is 13.1 Å². The van der Waals surface area contributed by atoms with Crippen LogP contribution in [0.5, 0.6) is 5.75 Å². The molecule has 1 atom stereocenters. The summed E-state index contributed by atoms with van der Waals surface area (Å²) in [6, 6.07) is 5.88. The number of aromatic hydroxyl groups is 1. The molecule has 2 rings (SSSR count). The van der Waals surface area contributed by atoms with E-state index in [0.717, 1.165) is 5.56 Å². The summed E-state index contributed by atoms with van der Waals surface area (Å²) in [5, 5.41) is 12.0. The second-order valence-corrected chi connectivity index (χ2v) is 5.78. The van der Waals surface area contributed by atoms with E-state index in [2.05, 4.69) is 5.32 Å². The molecule has 2 amide bonds. The molecule has 1 aliphatic heterocycles. The Kier molecular flexibility index (Phi) is 4.18. The van der Waals surface area contributed by atoms with E-state index < -0.39 is 11.6 Å². The van der Waals surface area contributed by atoms with Crippen molar-refractivity contribution < 1.29 is 14.7 Å². The summed E-state index contributed by atoms with van der Waals surface area (Å²) in [6.07, 6.45) is 0.368. The van der Waals surface area contributed by atoms with Gasteiger partial charge in [0.1, 0.15) is 11.3 Å². The number of rotatable bonds is 3. The highest BCUT2D eigenvalue weighted by atomic mass is 16.3. The maximum absolute atomic E-state index is 12.5. The number of phenolic OH excluding ortho intramolecular Hbond substituents is 1. The van der Waals surface area contributed by atoms with Crippen LogP contribution in [0.1, 0.15) is 19.4 Å². The predicted molar refractivity (Wildman–Crippen MR) is 78.6 cm³/mol. The molecule has 1 aliphatic rings. The molecule has 0 aliphatic carbocycles. The van der Waals surface area contributed by atoms with Gasteiger partial charge in [-0.25, -0.2) is 0 Å². The lowest BCUT2D eigenvalue weighted by molar-refractivity contribution is -0.150.